The van der Waals surface area contributed by atoms with E-state index < -0.39 is 5.60 Å². The lowest BCUT2D eigenvalue weighted by molar-refractivity contribution is -0.0717. The summed E-state index contributed by atoms with van der Waals surface area (Å²) in [6.45, 7) is 9.38. The highest BCUT2D eigenvalue weighted by Crippen LogP contribution is 2.73. The van der Waals surface area contributed by atoms with E-state index in [1.807, 2.05) is 0 Å². The first kappa shape index (κ1) is 11.1. The second-order valence-electron chi connectivity index (χ2n) is 7.70. The summed E-state index contributed by atoms with van der Waals surface area (Å²) in [6.07, 6.45) is 6.41. The third-order valence-electron chi connectivity index (χ3n) is 6.79. The fourth-order valence-corrected chi connectivity index (χ4v) is 5.88. The smallest absolute Gasteiger partial charge is 0.0653 e. The van der Waals surface area contributed by atoms with Gasteiger partial charge in [0, 0.05) is 0 Å². The van der Waals surface area contributed by atoms with E-state index >= 15 is 0 Å². The lowest BCUT2D eigenvalue weighted by atomic mass is 9.64. The molecule has 1 nitrogen and oxygen atoms in total. The third-order valence-corrected chi connectivity index (χ3v) is 6.79. The second kappa shape index (κ2) is 2.85. The van der Waals surface area contributed by atoms with Crippen molar-refractivity contribution in [2.45, 2.75) is 65.4 Å². The van der Waals surface area contributed by atoms with Gasteiger partial charge in [-0.15, -0.1) is 0 Å². The van der Waals surface area contributed by atoms with Crippen LogP contribution in [0.15, 0.2) is 0 Å². The Morgan fingerprint density at radius 3 is 2.38 bits per heavy atom. The molecule has 0 saturated heterocycles. The van der Waals surface area contributed by atoms with Gasteiger partial charge in [0.05, 0.1) is 5.60 Å². The van der Waals surface area contributed by atoms with Gasteiger partial charge in [0.15, 0.2) is 0 Å². The Hall–Kier alpha value is -0.0400. The summed E-state index contributed by atoms with van der Waals surface area (Å²) in [7, 11) is 0. The third kappa shape index (κ3) is 1.06. The van der Waals surface area contributed by atoms with Crippen molar-refractivity contribution in [1.82, 2.24) is 0 Å². The highest BCUT2D eigenvalue weighted by Gasteiger charge is 2.67. The molecule has 1 spiro atoms. The van der Waals surface area contributed by atoms with Crippen LogP contribution in [0.4, 0.5) is 0 Å². The largest absolute Gasteiger partial charge is 0.390 e. The molecule has 0 amide bonds. The lowest BCUT2D eigenvalue weighted by Gasteiger charge is -2.44. The van der Waals surface area contributed by atoms with E-state index in [0.717, 1.165) is 18.3 Å². The summed E-state index contributed by atoms with van der Waals surface area (Å²) >= 11 is 0. The van der Waals surface area contributed by atoms with Crippen molar-refractivity contribution in [3.63, 3.8) is 0 Å². The van der Waals surface area contributed by atoms with E-state index in [-0.39, 0.29) is 0 Å². The molecule has 92 valence electrons. The molecule has 3 fully saturated rings. The van der Waals surface area contributed by atoms with Gasteiger partial charge in [0.1, 0.15) is 0 Å². The molecule has 3 aliphatic rings. The number of hydrogen-bond acceptors (Lipinski definition) is 1. The molecule has 0 aromatic rings. The van der Waals surface area contributed by atoms with Crippen LogP contribution >= 0.6 is 0 Å². The van der Waals surface area contributed by atoms with Crippen LogP contribution in [0, 0.1) is 28.6 Å². The van der Waals surface area contributed by atoms with Crippen LogP contribution in [0.1, 0.15) is 59.8 Å². The first-order valence-corrected chi connectivity index (χ1v) is 7.03. The van der Waals surface area contributed by atoms with Crippen LogP contribution in [0.25, 0.3) is 0 Å². The Bertz CT molecular complexity index is 313. The molecule has 1 heteroatoms. The Morgan fingerprint density at radius 1 is 1.00 bits per heavy atom. The monoisotopic (exact) mass is 222 g/mol. The first-order valence-electron chi connectivity index (χ1n) is 7.03. The molecule has 0 radical (unpaired) electrons. The molecule has 16 heavy (non-hydrogen) atoms. The van der Waals surface area contributed by atoms with E-state index in [1.165, 1.54) is 25.7 Å². The Balaban J connectivity index is 2.07. The molecule has 3 saturated carbocycles. The van der Waals surface area contributed by atoms with Crippen molar-refractivity contribution in [2.75, 3.05) is 0 Å². The molecule has 0 heterocycles. The van der Waals surface area contributed by atoms with Crippen molar-refractivity contribution in [3.8, 4) is 0 Å². The summed E-state index contributed by atoms with van der Waals surface area (Å²) in [5.74, 6) is 2.29. The van der Waals surface area contributed by atoms with E-state index in [2.05, 4.69) is 27.7 Å². The van der Waals surface area contributed by atoms with Crippen LogP contribution in [0.5, 0.6) is 0 Å². The zero-order valence-electron chi connectivity index (χ0n) is 11.2. The number of fused-ring (bicyclic) bond motifs is 1. The maximum absolute atomic E-state index is 10.6. The van der Waals surface area contributed by atoms with Gasteiger partial charge in [-0.1, -0.05) is 20.8 Å². The van der Waals surface area contributed by atoms with Crippen molar-refractivity contribution in [1.29, 1.82) is 0 Å². The van der Waals surface area contributed by atoms with Crippen molar-refractivity contribution in [3.05, 3.63) is 0 Å². The Labute approximate surface area is 99.6 Å². The molecule has 0 aliphatic heterocycles. The van der Waals surface area contributed by atoms with Gasteiger partial charge in [-0.2, -0.15) is 0 Å². The zero-order chi connectivity index (χ0) is 11.8. The standard InChI is InChI=1S/C15H26O/c1-10-5-6-11-13(2,3)12-9-15(10,11)8-7-14(12,4)16/h10-12,16H,5-9H2,1-4H3/t10-,11+,12+,14-,15+/m0/s1. The summed E-state index contributed by atoms with van der Waals surface area (Å²) < 4.78 is 0. The molecule has 0 aromatic heterocycles. The minimum absolute atomic E-state index is 0.352. The van der Waals surface area contributed by atoms with E-state index in [9.17, 15) is 5.11 Å². The predicted octanol–water partition coefficient (Wildman–Crippen LogP) is 3.61. The minimum atomic E-state index is -0.404. The van der Waals surface area contributed by atoms with Gasteiger partial charge in [0.2, 0.25) is 0 Å². The van der Waals surface area contributed by atoms with Gasteiger partial charge < -0.3 is 5.11 Å². The number of hydrogen-bond donors (Lipinski definition) is 1. The normalized spacial score (nSPS) is 58.7. The molecule has 3 rings (SSSR count). The highest BCUT2D eigenvalue weighted by atomic mass is 16.3. The van der Waals surface area contributed by atoms with Gasteiger partial charge in [-0.3, -0.25) is 0 Å². The van der Waals surface area contributed by atoms with Crippen molar-refractivity contribution < 1.29 is 5.11 Å². The summed E-state index contributed by atoms with van der Waals surface area (Å²) in [5, 5.41) is 10.6. The van der Waals surface area contributed by atoms with Gasteiger partial charge >= 0.3 is 0 Å². The minimum Gasteiger partial charge on any atom is -0.390 e. The summed E-state index contributed by atoms with van der Waals surface area (Å²) in [5.41, 5.74) is 0.542. The maximum Gasteiger partial charge on any atom is 0.0653 e. The first-order chi connectivity index (χ1) is 7.31. The van der Waals surface area contributed by atoms with E-state index in [4.69, 9.17) is 0 Å². The molecule has 5 atom stereocenters. The lowest BCUT2D eigenvalue weighted by Crippen LogP contribution is -2.44. The Kier molecular flexibility index (Phi) is 1.98. The van der Waals surface area contributed by atoms with Crippen molar-refractivity contribution in [2.24, 2.45) is 28.6 Å². The van der Waals surface area contributed by atoms with Crippen LogP contribution < -0.4 is 0 Å². The van der Waals surface area contributed by atoms with Gasteiger partial charge in [-0.25, -0.2) is 0 Å². The summed E-state index contributed by atoms with van der Waals surface area (Å²) in [4.78, 5) is 0. The van der Waals surface area contributed by atoms with E-state index in [0.29, 0.717) is 16.7 Å². The summed E-state index contributed by atoms with van der Waals surface area (Å²) in [6, 6.07) is 0. The average molecular weight is 222 g/mol. The molecule has 2 bridgehead atoms. The predicted molar refractivity (Wildman–Crippen MR) is 66.1 cm³/mol. The SMILES string of the molecule is C[C@H]1CC[C@@H]2C(C)(C)[C@H]3C[C@@]21CC[C@]3(C)O. The zero-order valence-corrected chi connectivity index (χ0v) is 11.2. The maximum atomic E-state index is 10.6. The quantitative estimate of drug-likeness (QED) is 0.664. The van der Waals surface area contributed by atoms with Crippen LogP contribution in [0.3, 0.4) is 0 Å². The average Bonchev–Trinajstić information content (AvgIpc) is 2.58. The number of rotatable bonds is 0. The van der Waals surface area contributed by atoms with Crippen LogP contribution in [0.2, 0.25) is 0 Å². The highest BCUT2D eigenvalue weighted by molar-refractivity contribution is 5.16. The van der Waals surface area contributed by atoms with Gasteiger partial charge in [0.25, 0.3) is 0 Å². The van der Waals surface area contributed by atoms with Crippen LogP contribution in [-0.2, 0) is 0 Å². The second-order valence-corrected chi connectivity index (χ2v) is 7.70. The van der Waals surface area contributed by atoms with Gasteiger partial charge in [-0.05, 0) is 67.6 Å². The fraction of sp³-hybridized carbons (Fsp3) is 1.00. The fourth-order valence-electron chi connectivity index (χ4n) is 5.88. The van der Waals surface area contributed by atoms with Crippen molar-refractivity contribution >= 4 is 0 Å². The molecular weight excluding hydrogens is 196 g/mol. The Morgan fingerprint density at radius 2 is 1.69 bits per heavy atom. The molecule has 1 N–H and O–H groups in total. The molecular formula is C15H26O. The molecule has 0 aromatic carbocycles. The van der Waals surface area contributed by atoms with E-state index in [1.54, 1.807) is 0 Å². The molecule has 0 unspecified atom stereocenters. The number of aliphatic hydroxyl groups is 1. The molecule has 3 aliphatic carbocycles. The topological polar surface area (TPSA) is 20.2 Å². The van der Waals surface area contributed by atoms with Crippen LogP contribution in [-0.4, -0.2) is 10.7 Å².